The van der Waals surface area contributed by atoms with Gasteiger partial charge in [0.25, 0.3) is 0 Å². The Morgan fingerprint density at radius 2 is 1.93 bits per heavy atom. The van der Waals surface area contributed by atoms with E-state index in [-0.39, 0.29) is 6.10 Å². The summed E-state index contributed by atoms with van der Waals surface area (Å²) in [5.74, 6) is 0. The second kappa shape index (κ2) is 6.37. The highest BCUT2D eigenvalue weighted by Gasteiger charge is 2.01. The fourth-order valence-electron chi connectivity index (χ4n) is 1.10. The smallest absolute Gasteiger partial charge is 0.0784 e. The minimum absolute atomic E-state index is 0.152. The number of hydrogen-bond acceptors (Lipinski definition) is 2. The van der Waals surface area contributed by atoms with Gasteiger partial charge >= 0.3 is 0 Å². The molecule has 3 heteroatoms. The summed E-state index contributed by atoms with van der Waals surface area (Å²) in [7, 11) is 1.69. The molecule has 0 spiro atoms. The highest BCUT2D eigenvalue weighted by Crippen LogP contribution is 2.08. The Labute approximate surface area is 98.7 Å². The zero-order valence-corrected chi connectivity index (χ0v) is 10.7. The zero-order valence-electron chi connectivity index (χ0n) is 8.50. The Hall–Kier alpha value is -0.130. The van der Waals surface area contributed by atoms with Crippen LogP contribution in [0.5, 0.6) is 0 Å². The Balaban J connectivity index is 2.34. The number of rotatable bonds is 5. The molecule has 1 aromatic carbocycles. The van der Waals surface area contributed by atoms with Gasteiger partial charge in [-0.2, -0.15) is 0 Å². The molecule has 0 radical (unpaired) electrons. The van der Waals surface area contributed by atoms with Gasteiger partial charge in [0, 0.05) is 10.7 Å². The number of methoxy groups -OCH3 is 1. The largest absolute Gasteiger partial charge is 0.382 e. The van der Waals surface area contributed by atoms with Crippen molar-refractivity contribution in [3.05, 3.63) is 33.4 Å². The molecule has 0 fully saturated rings. The van der Waals surface area contributed by atoms with Gasteiger partial charge in [-0.15, -0.1) is 0 Å². The van der Waals surface area contributed by atoms with Crippen LogP contribution in [0.25, 0.3) is 0 Å². The van der Waals surface area contributed by atoms with Crippen molar-refractivity contribution < 1.29 is 9.47 Å². The maximum Gasteiger partial charge on any atom is 0.0784 e. The van der Waals surface area contributed by atoms with Crippen molar-refractivity contribution in [3.8, 4) is 0 Å². The quantitative estimate of drug-likeness (QED) is 0.779. The van der Waals surface area contributed by atoms with Crippen LogP contribution in [-0.2, 0) is 16.1 Å². The van der Waals surface area contributed by atoms with E-state index in [4.69, 9.17) is 9.47 Å². The summed E-state index contributed by atoms with van der Waals surface area (Å²) in [5.41, 5.74) is 1.20. The molecule has 0 aromatic heterocycles. The van der Waals surface area contributed by atoms with Crippen LogP contribution in [0.3, 0.4) is 0 Å². The first-order valence-corrected chi connectivity index (χ1v) is 5.65. The fourth-order valence-corrected chi connectivity index (χ4v) is 1.46. The Morgan fingerprint density at radius 3 is 2.50 bits per heavy atom. The number of halogens is 1. The molecule has 0 saturated heterocycles. The Bertz CT molecular complexity index is 258. The van der Waals surface area contributed by atoms with Crippen LogP contribution in [0, 0.1) is 3.57 Å². The predicted molar refractivity (Wildman–Crippen MR) is 65.3 cm³/mol. The summed E-state index contributed by atoms with van der Waals surface area (Å²) in [4.78, 5) is 0. The van der Waals surface area contributed by atoms with E-state index in [1.165, 1.54) is 9.13 Å². The lowest BCUT2D eigenvalue weighted by atomic mass is 10.2. The number of benzene rings is 1. The average Bonchev–Trinajstić information content (AvgIpc) is 2.17. The first-order valence-electron chi connectivity index (χ1n) is 4.57. The first-order chi connectivity index (χ1) is 6.72. The summed E-state index contributed by atoms with van der Waals surface area (Å²) in [5, 5.41) is 0. The van der Waals surface area contributed by atoms with E-state index in [1.54, 1.807) is 7.11 Å². The molecule has 0 aliphatic heterocycles. The molecular weight excluding hydrogens is 291 g/mol. The lowest BCUT2D eigenvalue weighted by Gasteiger charge is -2.11. The van der Waals surface area contributed by atoms with Crippen LogP contribution in [0.1, 0.15) is 12.5 Å². The third kappa shape index (κ3) is 4.39. The van der Waals surface area contributed by atoms with E-state index >= 15 is 0 Å². The van der Waals surface area contributed by atoms with Crippen molar-refractivity contribution in [2.24, 2.45) is 0 Å². The van der Waals surface area contributed by atoms with Gasteiger partial charge in [0.15, 0.2) is 0 Å². The van der Waals surface area contributed by atoms with Crippen molar-refractivity contribution in [2.75, 3.05) is 13.7 Å². The molecule has 78 valence electrons. The van der Waals surface area contributed by atoms with Crippen molar-refractivity contribution in [2.45, 2.75) is 19.6 Å². The van der Waals surface area contributed by atoms with E-state index in [0.717, 1.165) is 0 Å². The van der Waals surface area contributed by atoms with Crippen LogP contribution in [0.4, 0.5) is 0 Å². The summed E-state index contributed by atoms with van der Waals surface area (Å²) >= 11 is 2.29. The Morgan fingerprint density at radius 1 is 1.29 bits per heavy atom. The van der Waals surface area contributed by atoms with Crippen molar-refractivity contribution in [3.63, 3.8) is 0 Å². The van der Waals surface area contributed by atoms with Crippen LogP contribution < -0.4 is 0 Å². The average molecular weight is 306 g/mol. The minimum atomic E-state index is 0.152. The maximum atomic E-state index is 5.58. The molecule has 1 rings (SSSR count). The van der Waals surface area contributed by atoms with Gasteiger partial charge in [-0.1, -0.05) is 12.1 Å². The first kappa shape index (κ1) is 11.9. The molecule has 1 unspecified atom stereocenters. The standard InChI is InChI=1S/C11H15IO2/c1-9(7-13-2)14-8-10-3-5-11(12)6-4-10/h3-6,9H,7-8H2,1-2H3. The van der Waals surface area contributed by atoms with Crippen LogP contribution in [0.2, 0.25) is 0 Å². The molecule has 2 nitrogen and oxygen atoms in total. The van der Waals surface area contributed by atoms with E-state index < -0.39 is 0 Å². The van der Waals surface area contributed by atoms with Crippen LogP contribution in [0.15, 0.2) is 24.3 Å². The molecule has 0 amide bonds. The fraction of sp³-hybridized carbons (Fsp3) is 0.455. The monoisotopic (exact) mass is 306 g/mol. The molecule has 1 aromatic rings. The summed E-state index contributed by atoms with van der Waals surface area (Å²) < 4.78 is 11.8. The normalized spacial score (nSPS) is 12.8. The third-order valence-electron chi connectivity index (χ3n) is 1.85. The highest BCUT2D eigenvalue weighted by atomic mass is 127. The highest BCUT2D eigenvalue weighted by molar-refractivity contribution is 14.1. The van der Waals surface area contributed by atoms with Gasteiger partial charge < -0.3 is 9.47 Å². The number of hydrogen-bond donors (Lipinski definition) is 0. The minimum Gasteiger partial charge on any atom is -0.382 e. The van der Waals surface area contributed by atoms with Crippen LogP contribution in [-0.4, -0.2) is 19.8 Å². The summed E-state index contributed by atoms with van der Waals surface area (Å²) in [6.07, 6.45) is 0.152. The van der Waals surface area contributed by atoms with Crippen LogP contribution >= 0.6 is 22.6 Å². The SMILES string of the molecule is COCC(C)OCc1ccc(I)cc1. The van der Waals surface area contributed by atoms with E-state index in [2.05, 4.69) is 46.9 Å². The second-order valence-electron chi connectivity index (χ2n) is 3.20. The maximum absolute atomic E-state index is 5.58. The lowest BCUT2D eigenvalue weighted by Crippen LogP contribution is -2.14. The van der Waals surface area contributed by atoms with Gasteiger partial charge in [-0.25, -0.2) is 0 Å². The second-order valence-corrected chi connectivity index (χ2v) is 4.45. The van der Waals surface area contributed by atoms with Crippen molar-refractivity contribution in [1.82, 2.24) is 0 Å². The summed E-state index contributed by atoms with van der Waals surface area (Å²) in [6.45, 7) is 3.31. The Kier molecular flexibility index (Phi) is 5.44. The van der Waals surface area contributed by atoms with Gasteiger partial charge in [0.05, 0.1) is 19.3 Å². The van der Waals surface area contributed by atoms with Crippen molar-refractivity contribution in [1.29, 1.82) is 0 Å². The van der Waals surface area contributed by atoms with Gasteiger partial charge in [0.1, 0.15) is 0 Å². The molecule has 0 bridgehead atoms. The molecule has 0 saturated carbocycles. The molecule has 1 atom stereocenters. The van der Waals surface area contributed by atoms with Gasteiger partial charge in [-0.05, 0) is 47.2 Å². The molecule has 0 aliphatic carbocycles. The molecule has 0 heterocycles. The topological polar surface area (TPSA) is 18.5 Å². The molecular formula is C11H15IO2. The van der Waals surface area contributed by atoms with Gasteiger partial charge in [0.2, 0.25) is 0 Å². The predicted octanol–water partition coefficient (Wildman–Crippen LogP) is 2.84. The lowest BCUT2D eigenvalue weighted by molar-refractivity contribution is -0.000128. The molecule has 14 heavy (non-hydrogen) atoms. The molecule has 0 aliphatic rings. The zero-order chi connectivity index (χ0) is 10.4. The summed E-state index contributed by atoms with van der Waals surface area (Å²) in [6, 6.07) is 8.34. The van der Waals surface area contributed by atoms with Crippen molar-refractivity contribution >= 4 is 22.6 Å². The number of ether oxygens (including phenoxy) is 2. The van der Waals surface area contributed by atoms with E-state index in [9.17, 15) is 0 Å². The van der Waals surface area contributed by atoms with E-state index in [0.29, 0.717) is 13.2 Å². The van der Waals surface area contributed by atoms with E-state index in [1.807, 2.05) is 6.92 Å². The third-order valence-corrected chi connectivity index (χ3v) is 2.57. The van der Waals surface area contributed by atoms with Gasteiger partial charge in [-0.3, -0.25) is 0 Å². The molecule has 0 N–H and O–H groups in total.